The largest absolute Gasteiger partial charge is 0.369 e. The van der Waals surface area contributed by atoms with Gasteiger partial charge in [0.1, 0.15) is 0 Å². The van der Waals surface area contributed by atoms with Gasteiger partial charge in [-0.1, -0.05) is 55.7 Å². The van der Waals surface area contributed by atoms with Crippen LogP contribution in [0.15, 0.2) is 54.6 Å². The van der Waals surface area contributed by atoms with Gasteiger partial charge in [0, 0.05) is 30.3 Å². The fourth-order valence-electron chi connectivity index (χ4n) is 6.24. The Morgan fingerprint density at radius 1 is 0.879 bits per heavy atom. The lowest BCUT2D eigenvalue weighted by Gasteiger charge is -2.54. The predicted octanol–water partition coefficient (Wildman–Crippen LogP) is 3.86. The predicted molar refractivity (Wildman–Crippen MR) is 127 cm³/mol. The van der Waals surface area contributed by atoms with Crippen molar-refractivity contribution in [1.82, 2.24) is 4.90 Å². The van der Waals surface area contributed by atoms with Crippen LogP contribution >= 0.6 is 0 Å². The molecule has 6 heteroatoms. The highest BCUT2D eigenvalue weighted by Crippen LogP contribution is 2.51. The summed E-state index contributed by atoms with van der Waals surface area (Å²) in [6.07, 6.45) is 5.91. The van der Waals surface area contributed by atoms with Gasteiger partial charge in [-0.25, -0.2) is 0 Å². The van der Waals surface area contributed by atoms with Gasteiger partial charge in [0.2, 0.25) is 11.8 Å². The van der Waals surface area contributed by atoms with Crippen molar-refractivity contribution in [2.75, 3.05) is 18.0 Å². The lowest BCUT2D eigenvalue weighted by molar-refractivity contribution is -0.138. The van der Waals surface area contributed by atoms with Gasteiger partial charge in [-0.05, 0) is 49.4 Å². The third-order valence-electron chi connectivity index (χ3n) is 7.88. The number of primary amides is 1. The second-order valence-electron chi connectivity index (χ2n) is 9.66. The molecule has 3 aliphatic rings. The third kappa shape index (κ3) is 3.62. The van der Waals surface area contributed by atoms with Crippen LogP contribution in [0.25, 0.3) is 0 Å². The molecule has 0 unspecified atom stereocenters. The lowest BCUT2D eigenvalue weighted by atomic mass is 9.64. The van der Waals surface area contributed by atoms with Crippen LogP contribution in [0, 0.1) is 5.92 Å². The molecular weight excluding hydrogens is 414 g/mol. The van der Waals surface area contributed by atoms with Gasteiger partial charge in [-0.2, -0.15) is 0 Å². The summed E-state index contributed by atoms with van der Waals surface area (Å²) in [5.74, 6) is -0.818. The maximum Gasteiger partial charge on any atom is 0.259 e. The molecule has 172 valence electrons. The number of carbonyl (C=O) groups excluding carboxylic acids is 3. The van der Waals surface area contributed by atoms with Crippen molar-refractivity contribution < 1.29 is 14.4 Å². The Bertz CT molecular complexity index is 1050. The number of amides is 3. The van der Waals surface area contributed by atoms with E-state index in [1.807, 2.05) is 64.4 Å². The number of likely N-dealkylation sites (tertiary alicyclic amines) is 1. The molecule has 2 N–H and O–H groups in total. The standard InChI is InChI=1S/C27H31N3O3/c28-24(31)19-13-17-29(18-14-19)26(33)23-21-11-5-6-12-22(21)25(32)30(20-9-3-1-4-10-20)27(23)15-7-2-8-16-27/h1,3-6,9-12,19,23H,2,7-8,13-18H2,(H2,28,31)/t23-/m1/s1. The van der Waals surface area contributed by atoms with Gasteiger partial charge in [0.25, 0.3) is 5.91 Å². The smallest absolute Gasteiger partial charge is 0.259 e. The second kappa shape index (κ2) is 8.65. The molecule has 2 fully saturated rings. The number of para-hydroxylation sites is 1. The van der Waals surface area contributed by atoms with E-state index in [9.17, 15) is 14.4 Å². The Hall–Kier alpha value is -3.15. The molecule has 1 aliphatic carbocycles. The number of hydrogen-bond acceptors (Lipinski definition) is 3. The molecular formula is C27H31N3O3. The number of carbonyl (C=O) groups is 3. The maximum absolute atomic E-state index is 14.2. The molecule has 1 spiro atoms. The van der Waals surface area contributed by atoms with Crippen LogP contribution in [-0.4, -0.2) is 41.2 Å². The summed E-state index contributed by atoms with van der Waals surface area (Å²) in [4.78, 5) is 43.6. The molecule has 1 saturated carbocycles. The van der Waals surface area contributed by atoms with Crippen molar-refractivity contribution >= 4 is 23.4 Å². The molecule has 2 heterocycles. The molecule has 2 aromatic carbocycles. The van der Waals surface area contributed by atoms with Crippen molar-refractivity contribution in [3.63, 3.8) is 0 Å². The Kier molecular flexibility index (Phi) is 5.69. The minimum atomic E-state index is -0.581. The SMILES string of the molecule is NC(=O)C1CCN(C(=O)[C@H]2c3ccccc3C(=O)N(c3ccccc3)C23CCCCC3)CC1. The van der Waals surface area contributed by atoms with E-state index in [0.29, 0.717) is 31.5 Å². The molecule has 2 aromatic rings. The monoisotopic (exact) mass is 445 g/mol. The number of anilines is 1. The fourth-order valence-corrected chi connectivity index (χ4v) is 6.24. The van der Waals surface area contributed by atoms with Gasteiger partial charge >= 0.3 is 0 Å². The second-order valence-corrected chi connectivity index (χ2v) is 9.66. The van der Waals surface area contributed by atoms with E-state index in [1.165, 1.54) is 0 Å². The highest BCUT2D eigenvalue weighted by molar-refractivity contribution is 6.12. The minimum absolute atomic E-state index is 0.0183. The fraction of sp³-hybridized carbons (Fsp3) is 0.444. The Balaban J connectivity index is 1.61. The first-order chi connectivity index (χ1) is 16.0. The zero-order chi connectivity index (χ0) is 23.0. The zero-order valence-electron chi connectivity index (χ0n) is 18.9. The van der Waals surface area contributed by atoms with Crippen LogP contribution in [0.5, 0.6) is 0 Å². The summed E-state index contributed by atoms with van der Waals surface area (Å²) < 4.78 is 0. The van der Waals surface area contributed by atoms with Crippen LogP contribution in [0.3, 0.4) is 0 Å². The molecule has 6 nitrogen and oxygen atoms in total. The summed E-state index contributed by atoms with van der Waals surface area (Å²) in [7, 11) is 0. The van der Waals surface area contributed by atoms with Crippen molar-refractivity contribution in [3.8, 4) is 0 Å². The number of hydrogen-bond donors (Lipinski definition) is 1. The van der Waals surface area contributed by atoms with Gasteiger partial charge in [0.15, 0.2) is 0 Å². The van der Waals surface area contributed by atoms with E-state index in [4.69, 9.17) is 5.73 Å². The van der Waals surface area contributed by atoms with Crippen LogP contribution in [0.2, 0.25) is 0 Å². The highest BCUT2D eigenvalue weighted by Gasteiger charge is 2.56. The van der Waals surface area contributed by atoms with E-state index >= 15 is 0 Å². The van der Waals surface area contributed by atoms with Crippen LogP contribution in [0.1, 0.15) is 66.8 Å². The number of piperidine rings is 1. The summed E-state index contributed by atoms with van der Waals surface area (Å²) in [5, 5.41) is 0. The topological polar surface area (TPSA) is 83.7 Å². The average Bonchev–Trinajstić information content (AvgIpc) is 2.85. The van der Waals surface area contributed by atoms with Gasteiger partial charge < -0.3 is 15.5 Å². The number of fused-ring (bicyclic) bond motifs is 1. The molecule has 1 atom stereocenters. The zero-order valence-corrected chi connectivity index (χ0v) is 18.9. The Morgan fingerprint density at radius 3 is 2.18 bits per heavy atom. The van der Waals surface area contributed by atoms with E-state index < -0.39 is 11.5 Å². The number of nitrogens with two attached hydrogens (primary N) is 1. The Morgan fingerprint density at radius 2 is 1.52 bits per heavy atom. The van der Waals surface area contributed by atoms with Crippen LogP contribution in [-0.2, 0) is 9.59 Å². The van der Waals surface area contributed by atoms with E-state index in [0.717, 1.165) is 43.4 Å². The third-order valence-corrected chi connectivity index (χ3v) is 7.88. The number of benzene rings is 2. The number of rotatable bonds is 3. The summed E-state index contributed by atoms with van der Waals surface area (Å²) >= 11 is 0. The van der Waals surface area contributed by atoms with Crippen molar-refractivity contribution in [2.24, 2.45) is 11.7 Å². The summed E-state index contributed by atoms with van der Waals surface area (Å²) in [5.41, 5.74) is 7.25. The molecule has 5 rings (SSSR count). The molecule has 0 radical (unpaired) electrons. The molecule has 2 aliphatic heterocycles. The normalized spacial score (nSPS) is 22.8. The first kappa shape index (κ1) is 21.7. The quantitative estimate of drug-likeness (QED) is 0.779. The van der Waals surface area contributed by atoms with E-state index in [-0.39, 0.29) is 23.6 Å². The highest BCUT2D eigenvalue weighted by atomic mass is 16.2. The first-order valence-electron chi connectivity index (χ1n) is 12.1. The molecule has 1 saturated heterocycles. The van der Waals surface area contributed by atoms with Gasteiger partial charge in [-0.15, -0.1) is 0 Å². The van der Waals surface area contributed by atoms with Crippen LogP contribution < -0.4 is 10.6 Å². The molecule has 0 bridgehead atoms. The van der Waals surface area contributed by atoms with E-state index in [1.54, 1.807) is 0 Å². The lowest BCUT2D eigenvalue weighted by Crippen LogP contribution is -2.63. The van der Waals surface area contributed by atoms with Crippen molar-refractivity contribution in [2.45, 2.75) is 56.4 Å². The molecule has 3 amide bonds. The number of nitrogens with zero attached hydrogens (tertiary/aromatic N) is 2. The molecule has 33 heavy (non-hydrogen) atoms. The van der Waals surface area contributed by atoms with Crippen molar-refractivity contribution in [3.05, 3.63) is 65.7 Å². The maximum atomic E-state index is 14.2. The minimum Gasteiger partial charge on any atom is -0.369 e. The summed E-state index contributed by atoms with van der Waals surface area (Å²) in [6, 6.07) is 17.4. The van der Waals surface area contributed by atoms with Crippen LogP contribution in [0.4, 0.5) is 5.69 Å². The summed E-state index contributed by atoms with van der Waals surface area (Å²) in [6.45, 7) is 1.06. The van der Waals surface area contributed by atoms with Crippen molar-refractivity contribution in [1.29, 1.82) is 0 Å². The molecule has 0 aromatic heterocycles. The van der Waals surface area contributed by atoms with E-state index in [2.05, 4.69) is 0 Å². The first-order valence-corrected chi connectivity index (χ1v) is 12.1. The average molecular weight is 446 g/mol. The Labute approximate surface area is 194 Å². The van der Waals surface area contributed by atoms with Gasteiger partial charge in [0.05, 0.1) is 11.5 Å². The van der Waals surface area contributed by atoms with Gasteiger partial charge in [-0.3, -0.25) is 14.4 Å².